The monoisotopic (exact) mass is 903 g/mol. The number of hydrogen-bond donors (Lipinski definition) is 4. The molecule has 0 rings (SSSR count). The smallest absolute Gasteiger partial charge is 0.462 e. The summed E-state index contributed by atoms with van der Waals surface area (Å²) in [6.07, 6.45) is 46.2. The molecule has 3 atom stereocenters. The van der Waals surface area contributed by atoms with E-state index in [-0.39, 0.29) is 12.8 Å². The predicted molar refractivity (Wildman–Crippen MR) is 244 cm³/mol. The highest BCUT2D eigenvalue weighted by Crippen LogP contribution is 2.43. The summed E-state index contributed by atoms with van der Waals surface area (Å²) in [5, 5.41) is 9.75. The van der Waals surface area contributed by atoms with Gasteiger partial charge in [0, 0.05) is 12.8 Å². The number of phosphoric acid groups is 2. The maximum atomic E-state index is 12.7. The fraction of sp³-hybridized carbons (Fsp3) is 0.696. The molecule has 0 aliphatic heterocycles. The van der Waals surface area contributed by atoms with Crippen molar-refractivity contribution in [3.63, 3.8) is 0 Å². The maximum Gasteiger partial charge on any atom is 0.472 e. The van der Waals surface area contributed by atoms with Crippen LogP contribution in [0.15, 0.2) is 72.9 Å². The van der Waals surface area contributed by atoms with Gasteiger partial charge in [0.2, 0.25) is 0 Å². The lowest BCUT2D eigenvalue weighted by Crippen LogP contribution is -2.29. The van der Waals surface area contributed by atoms with Gasteiger partial charge in [-0.15, -0.1) is 0 Å². The van der Waals surface area contributed by atoms with Crippen molar-refractivity contribution in [2.75, 3.05) is 26.4 Å². The zero-order valence-electron chi connectivity index (χ0n) is 37.2. The SMILES string of the molecule is CCCCC/C=C\C/C=C\C/C=C\C/C=C\C/C=C\CCC(=O)OC[C@H](COP(=O)(O)OC[C@@H](O)COP(=O)(O)O)OC(=O)CCCCCCC/C=C\CCCCCCCC. The van der Waals surface area contributed by atoms with Gasteiger partial charge in [-0.1, -0.05) is 151 Å². The minimum Gasteiger partial charge on any atom is -0.462 e. The molecule has 0 aromatic rings. The number of hydrogen-bond acceptors (Lipinski definition) is 10. The Morgan fingerprint density at radius 2 is 0.885 bits per heavy atom. The molecule has 0 aliphatic rings. The van der Waals surface area contributed by atoms with E-state index < -0.39 is 66.2 Å². The molecular formula is C46H80O13P2. The summed E-state index contributed by atoms with van der Waals surface area (Å²) in [7, 11) is -9.70. The van der Waals surface area contributed by atoms with E-state index in [0.717, 1.165) is 70.6 Å². The van der Waals surface area contributed by atoms with Crippen LogP contribution >= 0.6 is 15.6 Å². The first kappa shape index (κ1) is 58.6. The number of aliphatic hydroxyl groups excluding tert-OH is 1. The number of esters is 2. The number of carbonyl (C=O) groups excluding carboxylic acids is 2. The molecule has 0 spiro atoms. The lowest BCUT2D eigenvalue weighted by Gasteiger charge is -2.20. The summed E-state index contributed by atoms with van der Waals surface area (Å²) in [4.78, 5) is 52.7. The van der Waals surface area contributed by atoms with Crippen molar-refractivity contribution in [1.82, 2.24) is 0 Å². The molecule has 13 nitrogen and oxygen atoms in total. The molecule has 61 heavy (non-hydrogen) atoms. The first-order valence-electron chi connectivity index (χ1n) is 22.6. The Morgan fingerprint density at radius 1 is 0.475 bits per heavy atom. The molecule has 0 saturated carbocycles. The molecule has 0 aromatic heterocycles. The Bertz CT molecular complexity index is 1350. The van der Waals surface area contributed by atoms with Crippen LogP contribution in [-0.2, 0) is 41.8 Å². The number of rotatable bonds is 42. The molecule has 1 unspecified atom stereocenters. The molecule has 0 amide bonds. The van der Waals surface area contributed by atoms with E-state index in [2.05, 4.69) is 83.7 Å². The van der Waals surface area contributed by atoms with E-state index in [0.29, 0.717) is 12.8 Å². The van der Waals surface area contributed by atoms with Crippen molar-refractivity contribution in [3.05, 3.63) is 72.9 Å². The first-order chi connectivity index (χ1) is 29.4. The molecule has 0 radical (unpaired) electrons. The van der Waals surface area contributed by atoms with Crippen LogP contribution in [0, 0.1) is 0 Å². The number of aliphatic hydroxyl groups is 1. The van der Waals surface area contributed by atoms with E-state index in [4.69, 9.17) is 23.8 Å². The Hall–Kier alpha value is -2.44. The average molecular weight is 903 g/mol. The lowest BCUT2D eigenvalue weighted by atomic mass is 10.1. The van der Waals surface area contributed by atoms with Crippen LogP contribution in [0.1, 0.15) is 168 Å². The van der Waals surface area contributed by atoms with Crippen LogP contribution in [0.2, 0.25) is 0 Å². The minimum absolute atomic E-state index is 0.0672. The van der Waals surface area contributed by atoms with E-state index >= 15 is 0 Å². The number of phosphoric ester groups is 2. The normalized spacial score (nSPS) is 14.7. The standard InChI is InChI=1S/C46H80O13P2/c1-3-5-7-9-11-13-15-17-19-20-21-22-24-25-27-29-31-33-35-37-45(48)55-41-44(42-58-61(53,54)57-40-43(47)39-56-60(50,51)52)59-46(49)38-36-34-32-30-28-26-23-18-16-14-12-10-8-6-4-2/h11,13,17-19,21-23,25,27,31,33,43-44,47H,3-10,12,14-16,20,24,26,28-30,32,34-42H2,1-2H3,(H,53,54)(H2,50,51,52)/b13-11-,19-17-,22-21-,23-18-,27-25-,33-31-/t43-,44+/m0/s1. The van der Waals surface area contributed by atoms with Crippen LogP contribution in [0.4, 0.5) is 0 Å². The predicted octanol–water partition coefficient (Wildman–Crippen LogP) is 11.8. The van der Waals surface area contributed by atoms with Crippen LogP contribution in [0.3, 0.4) is 0 Å². The second kappa shape index (κ2) is 41.6. The summed E-state index contributed by atoms with van der Waals surface area (Å²) in [6.45, 7) is 1.63. The Morgan fingerprint density at radius 3 is 1.43 bits per heavy atom. The third kappa shape index (κ3) is 45.4. The van der Waals surface area contributed by atoms with Crippen molar-refractivity contribution in [3.8, 4) is 0 Å². The summed E-state index contributed by atoms with van der Waals surface area (Å²) < 4.78 is 47.7. The van der Waals surface area contributed by atoms with Gasteiger partial charge >= 0.3 is 27.6 Å². The highest BCUT2D eigenvalue weighted by Gasteiger charge is 2.28. The fourth-order valence-corrected chi connectivity index (χ4v) is 6.77. The van der Waals surface area contributed by atoms with Crippen molar-refractivity contribution in [1.29, 1.82) is 0 Å². The first-order valence-corrected chi connectivity index (χ1v) is 25.7. The van der Waals surface area contributed by atoms with Crippen molar-refractivity contribution in [2.45, 2.75) is 180 Å². The van der Waals surface area contributed by atoms with Crippen molar-refractivity contribution < 1.29 is 61.6 Å². The zero-order valence-corrected chi connectivity index (χ0v) is 39.0. The number of ether oxygens (including phenoxy) is 2. The molecule has 352 valence electrons. The van der Waals surface area contributed by atoms with Gasteiger partial charge < -0.3 is 29.3 Å². The van der Waals surface area contributed by atoms with Gasteiger partial charge in [-0.3, -0.25) is 23.2 Å². The quantitative estimate of drug-likeness (QED) is 0.0196. The van der Waals surface area contributed by atoms with Crippen LogP contribution in [0.25, 0.3) is 0 Å². The number of allylic oxidation sites excluding steroid dienone is 12. The van der Waals surface area contributed by atoms with E-state index in [9.17, 15) is 28.7 Å². The van der Waals surface area contributed by atoms with Gasteiger partial charge in [0.1, 0.15) is 12.7 Å². The van der Waals surface area contributed by atoms with Gasteiger partial charge in [0.05, 0.1) is 19.8 Å². The summed E-state index contributed by atoms with van der Waals surface area (Å²) in [5.41, 5.74) is 0. The minimum atomic E-state index is -4.87. The maximum absolute atomic E-state index is 12.7. The van der Waals surface area contributed by atoms with E-state index in [1.165, 1.54) is 57.8 Å². The Labute approximate surface area is 367 Å². The number of carbonyl (C=O) groups is 2. The third-order valence-electron chi connectivity index (χ3n) is 9.07. The topological polar surface area (TPSA) is 195 Å². The molecule has 0 heterocycles. The van der Waals surface area contributed by atoms with Crippen LogP contribution in [-0.4, -0.2) is 70.4 Å². The fourth-order valence-electron chi connectivity index (χ4n) is 5.62. The van der Waals surface area contributed by atoms with Crippen LogP contribution < -0.4 is 0 Å². The Balaban J connectivity index is 4.63. The molecule has 0 fully saturated rings. The third-order valence-corrected chi connectivity index (χ3v) is 10.5. The van der Waals surface area contributed by atoms with Crippen molar-refractivity contribution >= 4 is 27.6 Å². The van der Waals surface area contributed by atoms with Gasteiger partial charge in [-0.2, -0.15) is 0 Å². The van der Waals surface area contributed by atoms with Gasteiger partial charge in [-0.05, 0) is 77.0 Å². The summed E-state index contributed by atoms with van der Waals surface area (Å²) >= 11 is 0. The molecule has 0 aliphatic carbocycles. The van der Waals surface area contributed by atoms with Crippen LogP contribution in [0.5, 0.6) is 0 Å². The van der Waals surface area contributed by atoms with Gasteiger partial charge in [0.15, 0.2) is 6.10 Å². The molecule has 0 aromatic carbocycles. The highest BCUT2D eigenvalue weighted by atomic mass is 31.2. The van der Waals surface area contributed by atoms with Gasteiger partial charge in [-0.25, -0.2) is 9.13 Å². The van der Waals surface area contributed by atoms with Gasteiger partial charge in [0.25, 0.3) is 0 Å². The molecule has 0 bridgehead atoms. The molecule has 15 heteroatoms. The largest absolute Gasteiger partial charge is 0.472 e. The summed E-state index contributed by atoms with van der Waals surface area (Å²) in [6, 6.07) is 0. The summed E-state index contributed by atoms with van der Waals surface area (Å²) in [5.74, 6) is -1.14. The van der Waals surface area contributed by atoms with E-state index in [1.807, 2.05) is 12.2 Å². The second-order valence-electron chi connectivity index (χ2n) is 15.0. The molecule has 4 N–H and O–H groups in total. The van der Waals surface area contributed by atoms with E-state index in [1.54, 1.807) is 0 Å². The zero-order chi connectivity index (χ0) is 45.1. The molecular weight excluding hydrogens is 822 g/mol. The molecule has 0 saturated heterocycles. The second-order valence-corrected chi connectivity index (χ2v) is 17.7. The number of unbranched alkanes of at least 4 members (excludes halogenated alkanes) is 14. The Kier molecular flexibility index (Phi) is 39.9. The lowest BCUT2D eigenvalue weighted by molar-refractivity contribution is -0.161. The highest BCUT2D eigenvalue weighted by molar-refractivity contribution is 7.47. The average Bonchev–Trinajstić information content (AvgIpc) is 3.22. The van der Waals surface area contributed by atoms with Crippen molar-refractivity contribution in [2.24, 2.45) is 0 Å².